The predicted molar refractivity (Wildman–Crippen MR) is 84.0 cm³/mol. The van der Waals surface area contributed by atoms with Crippen LogP contribution >= 0.6 is 0 Å². The van der Waals surface area contributed by atoms with Gasteiger partial charge >= 0.3 is 6.61 Å². The fraction of sp³-hybridized carbons (Fsp3) is 0.375. The highest BCUT2D eigenvalue weighted by molar-refractivity contribution is 6.00. The van der Waals surface area contributed by atoms with Crippen molar-refractivity contribution in [3.05, 3.63) is 36.0 Å². The van der Waals surface area contributed by atoms with E-state index in [1.165, 1.54) is 18.3 Å². The second-order valence-electron chi connectivity index (χ2n) is 5.58. The Bertz CT molecular complexity index is 699. The van der Waals surface area contributed by atoms with E-state index in [0.29, 0.717) is 16.8 Å². The zero-order valence-electron chi connectivity index (χ0n) is 12.9. The number of carbonyl (C=O) groups is 1. The van der Waals surface area contributed by atoms with Crippen molar-refractivity contribution in [3.8, 4) is 17.0 Å². The quantitative estimate of drug-likeness (QED) is 0.782. The number of aromatic nitrogens is 2. The molecule has 2 aromatic rings. The molecule has 6 nitrogen and oxygen atoms in total. The van der Waals surface area contributed by atoms with Crippen LogP contribution < -0.4 is 15.4 Å². The highest BCUT2D eigenvalue weighted by atomic mass is 19.3. The smallest absolute Gasteiger partial charge is 0.387 e. The first-order valence-corrected chi connectivity index (χ1v) is 7.73. The third-order valence-electron chi connectivity index (χ3n) is 3.86. The lowest BCUT2D eigenvalue weighted by Gasteiger charge is -2.23. The molecule has 8 heteroatoms. The maximum atomic E-state index is 12.5. The van der Waals surface area contributed by atoms with E-state index in [-0.39, 0.29) is 17.7 Å². The van der Waals surface area contributed by atoms with Crippen molar-refractivity contribution < 1.29 is 18.3 Å². The van der Waals surface area contributed by atoms with Crippen molar-refractivity contribution in [1.82, 2.24) is 20.8 Å². The van der Waals surface area contributed by atoms with Gasteiger partial charge in [-0.2, -0.15) is 13.9 Å². The van der Waals surface area contributed by atoms with Crippen molar-refractivity contribution in [2.45, 2.75) is 25.5 Å². The lowest BCUT2D eigenvalue weighted by Crippen LogP contribution is -2.45. The first-order valence-electron chi connectivity index (χ1n) is 7.73. The molecular weight excluding hydrogens is 318 g/mol. The Hall–Kier alpha value is -2.48. The number of rotatable bonds is 5. The van der Waals surface area contributed by atoms with Gasteiger partial charge in [0.25, 0.3) is 5.91 Å². The van der Waals surface area contributed by atoms with Crippen molar-refractivity contribution in [1.29, 1.82) is 0 Å². The van der Waals surface area contributed by atoms with Gasteiger partial charge in [-0.25, -0.2) is 0 Å². The molecule has 1 atom stereocenters. The Morgan fingerprint density at radius 1 is 1.42 bits per heavy atom. The number of nitrogens with one attached hydrogen (secondary N) is 3. The molecule has 0 unspecified atom stereocenters. The van der Waals surface area contributed by atoms with Crippen LogP contribution in [0.25, 0.3) is 11.3 Å². The Morgan fingerprint density at radius 3 is 3.04 bits per heavy atom. The van der Waals surface area contributed by atoms with E-state index in [0.717, 1.165) is 25.9 Å². The fourth-order valence-electron chi connectivity index (χ4n) is 2.74. The van der Waals surface area contributed by atoms with Crippen LogP contribution in [0, 0.1) is 0 Å². The van der Waals surface area contributed by atoms with Crippen LogP contribution in [-0.2, 0) is 0 Å². The average Bonchev–Trinajstić information content (AvgIpc) is 3.05. The first-order chi connectivity index (χ1) is 11.6. The fourth-order valence-corrected chi connectivity index (χ4v) is 2.74. The highest BCUT2D eigenvalue weighted by Crippen LogP contribution is 2.26. The number of ether oxygens (including phenoxy) is 1. The molecule has 1 aromatic carbocycles. The molecule has 24 heavy (non-hydrogen) atoms. The van der Waals surface area contributed by atoms with Gasteiger partial charge in [0, 0.05) is 18.2 Å². The zero-order chi connectivity index (χ0) is 16.9. The summed E-state index contributed by atoms with van der Waals surface area (Å²) >= 11 is 0. The van der Waals surface area contributed by atoms with Gasteiger partial charge in [-0.15, -0.1) is 0 Å². The number of nitrogens with zero attached hydrogens (tertiary/aromatic N) is 1. The summed E-state index contributed by atoms with van der Waals surface area (Å²) in [5.41, 5.74) is 1.39. The molecule has 0 saturated carbocycles. The molecule has 2 heterocycles. The third-order valence-corrected chi connectivity index (χ3v) is 3.86. The summed E-state index contributed by atoms with van der Waals surface area (Å²) in [6, 6.07) is 6.23. The lowest BCUT2D eigenvalue weighted by molar-refractivity contribution is -0.0498. The van der Waals surface area contributed by atoms with E-state index in [1.54, 1.807) is 12.1 Å². The van der Waals surface area contributed by atoms with Crippen LogP contribution in [0.2, 0.25) is 0 Å². The van der Waals surface area contributed by atoms with Gasteiger partial charge in [0.1, 0.15) is 5.75 Å². The summed E-state index contributed by atoms with van der Waals surface area (Å²) in [4.78, 5) is 12.5. The molecule has 1 saturated heterocycles. The Labute approximate surface area is 137 Å². The lowest BCUT2D eigenvalue weighted by atomic mass is 10.1. The summed E-state index contributed by atoms with van der Waals surface area (Å²) in [5.74, 6) is -0.215. The van der Waals surface area contributed by atoms with E-state index < -0.39 is 6.61 Å². The minimum absolute atomic E-state index is 0.0277. The van der Waals surface area contributed by atoms with E-state index in [9.17, 15) is 13.6 Å². The molecule has 3 N–H and O–H groups in total. The first kappa shape index (κ1) is 16.4. The maximum absolute atomic E-state index is 12.5. The Balaban J connectivity index is 1.78. The molecule has 128 valence electrons. The number of aromatic amines is 1. The molecule has 3 rings (SSSR count). The number of piperidine rings is 1. The number of H-pyrrole nitrogens is 1. The van der Waals surface area contributed by atoms with E-state index in [1.807, 2.05) is 0 Å². The molecule has 1 aromatic heterocycles. The molecule has 1 fully saturated rings. The standard InChI is InChI=1S/C16H18F2N4O2/c17-16(18)24-12-5-1-3-10(7-12)14-13(9-20-22-14)15(23)21-11-4-2-6-19-8-11/h1,3,5,7,9,11,16,19H,2,4,6,8H2,(H,20,22)(H,21,23)/t11-/m0/s1. The van der Waals surface area contributed by atoms with E-state index in [4.69, 9.17) is 0 Å². The second kappa shape index (κ2) is 7.39. The monoisotopic (exact) mass is 336 g/mol. The van der Waals surface area contributed by atoms with Crippen molar-refractivity contribution in [2.24, 2.45) is 0 Å². The number of carbonyl (C=O) groups excluding carboxylic acids is 1. The molecule has 0 bridgehead atoms. The Kier molecular flexibility index (Phi) is 5.05. The van der Waals surface area contributed by atoms with Gasteiger partial charge in [-0.3, -0.25) is 9.89 Å². The highest BCUT2D eigenvalue weighted by Gasteiger charge is 2.20. The average molecular weight is 336 g/mol. The molecular formula is C16H18F2N4O2. The number of benzene rings is 1. The summed E-state index contributed by atoms with van der Waals surface area (Å²) in [7, 11) is 0. The summed E-state index contributed by atoms with van der Waals surface area (Å²) in [6.45, 7) is -1.21. The second-order valence-corrected chi connectivity index (χ2v) is 5.58. The third kappa shape index (κ3) is 3.88. The SMILES string of the molecule is O=C(N[C@H]1CCCNC1)c1cn[nH]c1-c1cccc(OC(F)F)c1. The molecule has 0 radical (unpaired) electrons. The van der Waals surface area contributed by atoms with Crippen LogP contribution in [0.3, 0.4) is 0 Å². The van der Waals surface area contributed by atoms with Gasteiger partial charge < -0.3 is 15.4 Å². The summed E-state index contributed by atoms with van der Waals surface area (Å²) in [6.07, 6.45) is 3.36. The number of amides is 1. The van der Waals surface area contributed by atoms with Gasteiger partial charge in [0.05, 0.1) is 17.5 Å². The predicted octanol–water partition coefficient (Wildman–Crippen LogP) is 2.16. The Morgan fingerprint density at radius 2 is 2.29 bits per heavy atom. The van der Waals surface area contributed by atoms with Gasteiger partial charge in [-0.1, -0.05) is 12.1 Å². The molecule has 0 aliphatic carbocycles. The van der Waals surface area contributed by atoms with Crippen LogP contribution in [0.1, 0.15) is 23.2 Å². The maximum Gasteiger partial charge on any atom is 0.387 e. The van der Waals surface area contributed by atoms with E-state index in [2.05, 4.69) is 25.6 Å². The number of hydrogen-bond acceptors (Lipinski definition) is 4. The molecule has 1 amide bonds. The van der Waals surface area contributed by atoms with Crippen LogP contribution in [-0.4, -0.2) is 41.8 Å². The van der Waals surface area contributed by atoms with Gasteiger partial charge in [0.15, 0.2) is 0 Å². The minimum Gasteiger partial charge on any atom is -0.435 e. The largest absolute Gasteiger partial charge is 0.435 e. The van der Waals surface area contributed by atoms with Crippen LogP contribution in [0.5, 0.6) is 5.75 Å². The van der Waals surface area contributed by atoms with Crippen molar-refractivity contribution in [2.75, 3.05) is 13.1 Å². The van der Waals surface area contributed by atoms with Gasteiger partial charge in [0.2, 0.25) is 0 Å². The van der Waals surface area contributed by atoms with Crippen LogP contribution in [0.4, 0.5) is 8.78 Å². The number of halogens is 2. The zero-order valence-corrected chi connectivity index (χ0v) is 12.9. The number of hydrogen-bond donors (Lipinski definition) is 3. The number of alkyl halides is 2. The van der Waals surface area contributed by atoms with Crippen LogP contribution in [0.15, 0.2) is 30.5 Å². The van der Waals surface area contributed by atoms with Gasteiger partial charge in [-0.05, 0) is 31.5 Å². The topological polar surface area (TPSA) is 79.0 Å². The normalized spacial score (nSPS) is 17.7. The molecule has 1 aliphatic rings. The molecule has 0 spiro atoms. The van der Waals surface area contributed by atoms with Crippen molar-refractivity contribution >= 4 is 5.91 Å². The van der Waals surface area contributed by atoms with Crippen molar-refractivity contribution in [3.63, 3.8) is 0 Å². The molecule has 1 aliphatic heterocycles. The summed E-state index contributed by atoms with van der Waals surface area (Å²) in [5, 5.41) is 12.9. The summed E-state index contributed by atoms with van der Waals surface area (Å²) < 4.78 is 29.1. The minimum atomic E-state index is -2.90. The van der Waals surface area contributed by atoms with E-state index >= 15 is 0 Å².